The van der Waals surface area contributed by atoms with E-state index >= 15 is 0 Å². The van der Waals surface area contributed by atoms with Gasteiger partial charge in [0, 0.05) is 17.7 Å². The second-order valence-corrected chi connectivity index (χ2v) is 7.65. The van der Waals surface area contributed by atoms with Crippen molar-refractivity contribution in [3.63, 3.8) is 0 Å². The van der Waals surface area contributed by atoms with Crippen molar-refractivity contribution in [2.24, 2.45) is 0 Å². The summed E-state index contributed by atoms with van der Waals surface area (Å²) >= 11 is 0. The van der Waals surface area contributed by atoms with Gasteiger partial charge in [0.15, 0.2) is 17.8 Å². The van der Waals surface area contributed by atoms with Crippen LogP contribution in [0.1, 0.15) is 17.2 Å². The molecule has 0 aromatic heterocycles. The molecule has 2 aromatic carbocycles. The molecule has 4 rings (SSSR count). The molecule has 178 valence electrons. The normalized spacial score (nSPS) is 29.1. The fourth-order valence-electron chi connectivity index (χ4n) is 3.76. The highest BCUT2D eigenvalue weighted by Gasteiger charge is 2.45. The summed E-state index contributed by atoms with van der Waals surface area (Å²) in [5.41, 5.74) is 0.569. The second kappa shape index (κ2) is 9.06. The molecule has 7 N–H and O–H groups in total. The molecule has 1 fully saturated rings. The maximum Gasteiger partial charge on any atom is 0.187 e. The molecule has 1 saturated heterocycles. The Morgan fingerprint density at radius 1 is 0.939 bits per heavy atom. The van der Waals surface area contributed by atoms with E-state index in [1.807, 2.05) is 0 Å². The van der Waals surface area contributed by atoms with Crippen LogP contribution >= 0.6 is 0 Å². The molecule has 0 amide bonds. The molecule has 0 saturated carbocycles. The Bertz CT molecular complexity index is 1050. The summed E-state index contributed by atoms with van der Waals surface area (Å²) in [7, 11) is 1.38. The van der Waals surface area contributed by atoms with E-state index in [4.69, 9.17) is 18.9 Å². The fraction of sp³-hybridized carbons (Fsp3) is 0.364. The predicted molar refractivity (Wildman–Crippen MR) is 111 cm³/mol. The smallest absolute Gasteiger partial charge is 0.187 e. The molecule has 11 heteroatoms. The molecular weight excluding hydrogens is 440 g/mol. The minimum Gasteiger partial charge on any atom is -0.508 e. The molecule has 2 heterocycles. The number of aliphatic hydroxyl groups excluding tert-OH is 4. The van der Waals surface area contributed by atoms with Crippen LogP contribution in [0.3, 0.4) is 0 Å². The Kier molecular flexibility index (Phi) is 6.34. The molecular formula is C22H24O11. The number of ether oxygens (including phenoxy) is 4. The summed E-state index contributed by atoms with van der Waals surface area (Å²) in [6, 6.07) is 6.76. The van der Waals surface area contributed by atoms with Crippen molar-refractivity contribution >= 4 is 5.76 Å². The van der Waals surface area contributed by atoms with Crippen molar-refractivity contribution in [2.45, 2.75) is 36.8 Å². The predicted octanol–water partition coefficient (Wildman–Crippen LogP) is 0.103. The minimum absolute atomic E-state index is 0.0478. The molecule has 11 nitrogen and oxygen atoms in total. The van der Waals surface area contributed by atoms with Gasteiger partial charge in [0.25, 0.3) is 0 Å². The zero-order valence-corrected chi connectivity index (χ0v) is 17.4. The summed E-state index contributed by atoms with van der Waals surface area (Å²) in [4.78, 5) is 0. The van der Waals surface area contributed by atoms with Crippen LogP contribution in [0.5, 0.6) is 28.7 Å². The molecule has 1 unspecified atom stereocenters. The van der Waals surface area contributed by atoms with Crippen LogP contribution in [0.25, 0.3) is 5.76 Å². The maximum absolute atomic E-state index is 10.4. The first-order valence-corrected chi connectivity index (χ1v) is 10.0. The van der Waals surface area contributed by atoms with E-state index in [2.05, 4.69) is 0 Å². The van der Waals surface area contributed by atoms with E-state index in [1.54, 1.807) is 6.07 Å². The van der Waals surface area contributed by atoms with Gasteiger partial charge in [0.2, 0.25) is 0 Å². The van der Waals surface area contributed by atoms with Crippen LogP contribution < -0.4 is 9.47 Å². The number of hydrogen-bond donors (Lipinski definition) is 7. The van der Waals surface area contributed by atoms with Crippen molar-refractivity contribution in [3.05, 3.63) is 47.5 Å². The lowest BCUT2D eigenvalue weighted by atomic mass is 9.98. The quantitative estimate of drug-likeness (QED) is 0.319. The van der Waals surface area contributed by atoms with Crippen LogP contribution in [0.15, 0.2) is 36.4 Å². The van der Waals surface area contributed by atoms with Gasteiger partial charge >= 0.3 is 0 Å². The van der Waals surface area contributed by atoms with Crippen molar-refractivity contribution in [1.29, 1.82) is 0 Å². The number of phenols is 3. The van der Waals surface area contributed by atoms with Gasteiger partial charge in [-0.25, -0.2) is 0 Å². The number of aliphatic hydroxyl groups is 4. The van der Waals surface area contributed by atoms with Crippen LogP contribution in [-0.4, -0.2) is 80.2 Å². The van der Waals surface area contributed by atoms with Gasteiger partial charge in [-0.05, 0) is 24.3 Å². The Balaban J connectivity index is 1.73. The van der Waals surface area contributed by atoms with Gasteiger partial charge in [-0.3, -0.25) is 0 Å². The monoisotopic (exact) mass is 464 g/mol. The van der Waals surface area contributed by atoms with E-state index in [1.165, 1.54) is 31.4 Å². The first-order chi connectivity index (χ1) is 15.7. The Labute approximate surface area is 187 Å². The van der Waals surface area contributed by atoms with Crippen molar-refractivity contribution < 1.29 is 54.7 Å². The summed E-state index contributed by atoms with van der Waals surface area (Å²) in [6.07, 6.45) is -7.22. The number of methoxy groups -OCH3 is 1. The van der Waals surface area contributed by atoms with Gasteiger partial charge in [-0.1, -0.05) is 0 Å². The van der Waals surface area contributed by atoms with Crippen molar-refractivity contribution in [2.75, 3.05) is 13.7 Å². The van der Waals surface area contributed by atoms with E-state index in [0.717, 1.165) is 6.07 Å². The SMILES string of the molecule is COc1cc(C2=CC(O[C@@H]3O[C@H](CO)[C@@H](O)[C@H](O)[C@H]3O)c3c(O)cc(O)cc3O2)ccc1O. The zero-order chi connectivity index (χ0) is 23.9. The lowest BCUT2D eigenvalue weighted by Crippen LogP contribution is -2.59. The number of hydrogen-bond acceptors (Lipinski definition) is 11. The third-order valence-electron chi connectivity index (χ3n) is 5.51. The van der Waals surface area contributed by atoms with Gasteiger partial charge in [0.1, 0.15) is 53.5 Å². The molecule has 0 bridgehead atoms. The summed E-state index contributed by atoms with van der Waals surface area (Å²) in [6.45, 7) is -0.636. The largest absolute Gasteiger partial charge is 0.508 e. The maximum atomic E-state index is 10.4. The molecule has 2 aliphatic heterocycles. The summed E-state index contributed by atoms with van der Waals surface area (Å²) in [5, 5.41) is 70.1. The van der Waals surface area contributed by atoms with Crippen LogP contribution in [0.4, 0.5) is 0 Å². The zero-order valence-electron chi connectivity index (χ0n) is 17.4. The average molecular weight is 464 g/mol. The third kappa shape index (κ3) is 4.29. The fourth-order valence-corrected chi connectivity index (χ4v) is 3.76. The van der Waals surface area contributed by atoms with Crippen LogP contribution in [0.2, 0.25) is 0 Å². The third-order valence-corrected chi connectivity index (χ3v) is 5.51. The van der Waals surface area contributed by atoms with Crippen LogP contribution in [0, 0.1) is 0 Å². The van der Waals surface area contributed by atoms with E-state index < -0.39 is 43.4 Å². The number of rotatable bonds is 5. The first kappa shape index (κ1) is 23.1. The van der Waals surface area contributed by atoms with E-state index in [9.17, 15) is 35.7 Å². The lowest BCUT2D eigenvalue weighted by Gasteiger charge is -2.41. The molecule has 0 spiro atoms. The van der Waals surface area contributed by atoms with Gasteiger partial charge in [0.05, 0.1) is 19.3 Å². The highest BCUT2D eigenvalue weighted by atomic mass is 16.7. The van der Waals surface area contributed by atoms with Crippen molar-refractivity contribution in [3.8, 4) is 28.7 Å². The van der Waals surface area contributed by atoms with Crippen LogP contribution in [-0.2, 0) is 9.47 Å². The Hall–Kier alpha value is -3.06. The molecule has 0 aliphatic carbocycles. The minimum atomic E-state index is -1.67. The number of benzene rings is 2. The van der Waals surface area contributed by atoms with Crippen molar-refractivity contribution in [1.82, 2.24) is 0 Å². The molecule has 2 aromatic rings. The van der Waals surface area contributed by atoms with Gasteiger partial charge in [-0.2, -0.15) is 0 Å². The molecule has 2 aliphatic rings. The average Bonchev–Trinajstić information content (AvgIpc) is 2.79. The second-order valence-electron chi connectivity index (χ2n) is 7.65. The van der Waals surface area contributed by atoms with E-state index in [-0.39, 0.29) is 40.1 Å². The Morgan fingerprint density at radius 2 is 1.70 bits per heavy atom. The number of aromatic hydroxyl groups is 3. The van der Waals surface area contributed by atoms with E-state index in [0.29, 0.717) is 5.56 Å². The first-order valence-electron chi connectivity index (χ1n) is 10.0. The number of phenolic OH excluding ortho intramolecular Hbond substituents is 3. The topological polar surface area (TPSA) is 179 Å². The van der Waals surface area contributed by atoms with Gasteiger partial charge < -0.3 is 54.7 Å². The van der Waals surface area contributed by atoms with Gasteiger partial charge in [-0.15, -0.1) is 0 Å². The summed E-state index contributed by atoms with van der Waals surface area (Å²) in [5.74, 6) is -0.303. The highest BCUT2D eigenvalue weighted by molar-refractivity contribution is 5.70. The molecule has 6 atom stereocenters. The summed E-state index contributed by atoms with van der Waals surface area (Å²) < 4.78 is 22.2. The standard InChI is InChI=1S/C22H24O11/c1-30-14-4-9(2-3-11(14)25)13-7-16(18-12(26)5-10(24)6-15(18)31-13)32-22-21(29)20(28)19(27)17(8-23)33-22/h2-7,16-17,19-29H,8H2,1H3/t16?,17-,19-,20+,21-,22-/m1/s1. The highest BCUT2D eigenvalue weighted by Crippen LogP contribution is 2.46. The lowest BCUT2D eigenvalue weighted by molar-refractivity contribution is -0.308. The number of fused-ring (bicyclic) bond motifs is 1. The molecule has 33 heavy (non-hydrogen) atoms. The Morgan fingerprint density at radius 3 is 2.39 bits per heavy atom. The molecule has 0 radical (unpaired) electrons.